The summed E-state index contributed by atoms with van der Waals surface area (Å²) in [4.78, 5) is 0. The maximum Gasteiger partial charge on any atom is 2.00 e. The number of aromatic hydroxyl groups is 2. The van der Waals surface area contributed by atoms with Crippen LogP contribution in [-0.4, -0.2) is 10.2 Å². The van der Waals surface area contributed by atoms with Crippen molar-refractivity contribution in [2.24, 2.45) is 0 Å². The first-order chi connectivity index (χ1) is 15.3. The molecule has 0 fully saturated rings. The summed E-state index contributed by atoms with van der Waals surface area (Å²) in [6.45, 7) is 8.48. The summed E-state index contributed by atoms with van der Waals surface area (Å²) in [6.07, 6.45) is 0. The number of phenols is 2. The van der Waals surface area contributed by atoms with Gasteiger partial charge in [0.25, 0.3) is 0 Å². The van der Waals surface area contributed by atoms with Crippen LogP contribution in [0.2, 0.25) is 0 Å². The number of rotatable bonds is 0. The summed E-state index contributed by atoms with van der Waals surface area (Å²) >= 11 is 0. The van der Waals surface area contributed by atoms with Gasteiger partial charge >= 0.3 is 26.2 Å². The van der Waals surface area contributed by atoms with Gasteiger partial charge in [-0.25, -0.2) is 24.3 Å². The molecule has 4 aromatic carbocycles. The number of phenolic OH excluding ortho intramolecular Hbond substituents is 2. The van der Waals surface area contributed by atoms with E-state index in [1.165, 1.54) is 46.5 Å². The molecule has 5 heteroatoms. The van der Waals surface area contributed by atoms with Crippen LogP contribution in [0.5, 0.6) is 11.5 Å². The molecule has 33 heavy (non-hydrogen) atoms. The molecule has 2 N–H and O–H groups in total. The van der Waals surface area contributed by atoms with E-state index in [4.69, 9.17) is 20.7 Å². The van der Waals surface area contributed by atoms with Gasteiger partial charge in [0, 0.05) is 0 Å². The van der Waals surface area contributed by atoms with Crippen LogP contribution in [-0.2, 0) is 26.2 Å². The molecule has 0 spiro atoms. The zero-order valence-electron chi connectivity index (χ0n) is 19.4. The minimum absolute atomic E-state index is 0. The first kappa shape index (κ1) is 29.6. The molecule has 4 nitrogen and oxygen atoms in total. The fourth-order valence-corrected chi connectivity index (χ4v) is 2.35. The fourth-order valence-electron chi connectivity index (χ4n) is 2.35. The minimum atomic E-state index is 0. The molecule has 0 saturated carbocycles. The Balaban J connectivity index is 0.000000412. The van der Waals surface area contributed by atoms with E-state index in [1.54, 1.807) is 24.3 Å². The predicted octanol–water partition coefficient (Wildman–Crippen LogP) is 6.57. The summed E-state index contributed by atoms with van der Waals surface area (Å²) in [7, 11) is 0. The number of hydrogen-bond donors (Lipinski definition) is 2. The Bertz CT molecular complexity index is 1050. The molecule has 0 amide bonds. The molecule has 0 radical (unpaired) electrons. The van der Waals surface area contributed by atoms with Crippen molar-refractivity contribution >= 4 is 0 Å². The molecule has 0 aromatic heterocycles. The SMILES string of the molecule is Cc1ccc[c-]1C.Cc1ccc[c-]1C.N#Cc1cccc(O)c1.N#Cc1cccc(O)c1.[Zr+2]. The van der Waals surface area contributed by atoms with Crippen LogP contribution in [0.1, 0.15) is 33.4 Å². The third-order valence-electron chi connectivity index (χ3n) is 4.58. The Hall–Kier alpha value is -3.40. The van der Waals surface area contributed by atoms with E-state index in [0.29, 0.717) is 11.1 Å². The van der Waals surface area contributed by atoms with Crippen molar-refractivity contribution in [3.8, 4) is 23.6 Å². The molecule has 0 aliphatic carbocycles. The monoisotopic (exact) mass is 514 g/mol. The quantitative estimate of drug-likeness (QED) is 0.259. The molecule has 0 unspecified atom stereocenters. The van der Waals surface area contributed by atoms with E-state index in [0.717, 1.165) is 0 Å². The summed E-state index contributed by atoms with van der Waals surface area (Å²) in [6, 6.07) is 28.9. The van der Waals surface area contributed by atoms with Gasteiger partial charge in [0.2, 0.25) is 0 Å². The smallest absolute Gasteiger partial charge is 0.508 e. The van der Waals surface area contributed by atoms with Gasteiger partial charge in [0.05, 0.1) is 23.3 Å². The zero-order valence-corrected chi connectivity index (χ0v) is 21.8. The number of hydrogen-bond acceptors (Lipinski definition) is 4. The maximum atomic E-state index is 8.79. The fraction of sp³-hybridized carbons (Fsp3) is 0.143. The van der Waals surface area contributed by atoms with Crippen molar-refractivity contribution < 1.29 is 36.4 Å². The van der Waals surface area contributed by atoms with Gasteiger partial charge in [-0.1, -0.05) is 39.8 Å². The van der Waals surface area contributed by atoms with Crippen LogP contribution in [0.4, 0.5) is 0 Å². The first-order valence-corrected chi connectivity index (χ1v) is 10.0. The van der Waals surface area contributed by atoms with Crippen LogP contribution in [0.15, 0.2) is 84.9 Å². The van der Waals surface area contributed by atoms with E-state index in [9.17, 15) is 0 Å². The molecular formula is C28H28N2O2Zr. The molecule has 0 aliphatic heterocycles. The predicted molar refractivity (Wildman–Crippen MR) is 129 cm³/mol. The van der Waals surface area contributed by atoms with Crippen LogP contribution in [0, 0.1) is 50.4 Å². The van der Waals surface area contributed by atoms with Crippen molar-refractivity contribution in [3.63, 3.8) is 0 Å². The second-order valence-electron chi connectivity index (χ2n) is 7.11. The molecule has 166 valence electrons. The summed E-state index contributed by atoms with van der Waals surface area (Å²) in [5, 5.41) is 34.2. The van der Waals surface area contributed by atoms with Crippen LogP contribution in [0.25, 0.3) is 0 Å². The van der Waals surface area contributed by atoms with E-state index in [-0.39, 0.29) is 37.7 Å². The molecule has 0 atom stereocenters. The van der Waals surface area contributed by atoms with Crippen LogP contribution in [0.3, 0.4) is 0 Å². The van der Waals surface area contributed by atoms with Crippen molar-refractivity contribution in [1.29, 1.82) is 10.5 Å². The van der Waals surface area contributed by atoms with Gasteiger partial charge in [-0.15, -0.1) is 0 Å². The Morgan fingerprint density at radius 1 is 0.636 bits per heavy atom. The topological polar surface area (TPSA) is 88.0 Å². The van der Waals surface area contributed by atoms with Crippen LogP contribution < -0.4 is 0 Å². The Morgan fingerprint density at radius 2 is 1.00 bits per heavy atom. The number of nitrogens with zero attached hydrogens (tertiary/aromatic N) is 2. The van der Waals surface area contributed by atoms with Crippen molar-refractivity contribution in [3.05, 3.63) is 118 Å². The molecule has 4 rings (SSSR count). The largest absolute Gasteiger partial charge is 2.00 e. The molecular weight excluding hydrogens is 488 g/mol. The molecule has 0 bridgehead atoms. The Labute approximate surface area is 215 Å². The zero-order chi connectivity index (χ0) is 23.9. The summed E-state index contributed by atoms with van der Waals surface area (Å²) < 4.78 is 0. The van der Waals surface area contributed by atoms with E-state index < -0.39 is 0 Å². The summed E-state index contributed by atoms with van der Waals surface area (Å²) in [5.41, 5.74) is 6.52. The third-order valence-corrected chi connectivity index (χ3v) is 4.58. The maximum absolute atomic E-state index is 8.79. The van der Waals surface area contributed by atoms with Crippen molar-refractivity contribution in [2.75, 3.05) is 0 Å². The number of benzene rings is 2. The second-order valence-corrected chi connectivity index (χ2v) is 7.11. The van der Waals surface area contributed by atoms with E-state index in [1.807, 2.05) is 12.1 Å². The van der Waals surface area contributed by atoms with Gasteiger partial charge in [-0.05, 0) is 36.4 Å². The Kier molecular flexibility index (Phi) is 14.6. The minimum Gasteiger partial charge on any atom is -0.508 e. The van der Waals surface area contributed by atoms with Crippen molar-refractivity contribution in [2.45, 2.75) is 27.7 Å². The normalized spacial score (nSPS) is 8.55. The standard InChI is InChI=1S/2C7H5NO.2C7H9.Zr/c2*8-5-6-2-1-3-7(9)4-6;2*1-6-4-3-5-7(6)2;/h2*1-4,9H;2*3-5H,1-2H3;/q;;2*-1;+2. The molecule has 4 aromatic rings. The molecule has 0 aliphatic rings. The van der Waals surface area contributed by atoms with Gasteiger partial charge in [0.1, 0.15) is 11.5 Å². The van der Waals surface area contributed by atoms with E-state index in [2.05, 4.69) is 64.1 Å². The van der Waals surface area contributed by atoms with Gasteiger partial charge in [-0.2, -0.15) is 44.9 Å². The van der Waals surface area contributed by atoms with Gasteiger partial charge in [0.15, 0.2) is 0 Å². The summed E-state index contributed by atoms with van der Waals surface area (Å²) in [5.74, 6) is 0.267. The third kappa shape index (κ3) is 12.3. The first-order valence-electron chi connectivity index (χ1n) is 10.0. The van der Waals surface area contributed by atoms with E-state index >= 15 is 0 Å². The number of nitriles is 2. The number of aryl methyl sites for hydroxylation is 4. The van der Waals surface area contributed by atoms with Crippen molar-refractivity contribution in [1.82, 2.24) is 0 Å². The van der Waals surface area contributed by atoms with Gasteiger partial charge < -0.3 is 10.2 Å². The van der Waals surface area contributed by atoms with Crippen LogP contribution >= 0.6 is 0 Å². The average Bonchev–Trinajstić information content (AvgIpc) is 3.35. The average molecular weight is 516 g/mol. The van der Waals surface area contributed by atoms with Gasteiger partial charge in [-0.3, -0.25) is 0 Å². The Morgan fingerprint density at radius 3 is 1.15 bits per heavy atom. The molecule has 0 heterocycles. The molecule has 0 saturated heterocycles. The second kappa shape index (κ2) is 16.3.